The topological polar surface area (TPSA) is 125 Å². The van der Waals surface area contributed by atoms with Crippen LogP contribution in [0.25, 0.3) is 5.13 Å². The zero-order valence-corrected chi connectivity index (χ0v) is 19.0. The Hall–Kier alpha value is -3.25. The Balaban J connectivity index is 1.60. The highest BCUT2D eigenvalue weighted by Crippen LogP contribution is 2.33. The first kappa shape index (κ1) is 22.0. The van der Waals surface area contributed by atoms with Crippen LogP contribution < -0.4 is 20.6 Å². The predicted octanol–water partition coefficient (Wildman–Crippen LogP) is 2.25. The monoisotopic (exact) mass is 460 g/mol. The van der Waals surface area contributed by atoms with Gasteiger partial charge in [-0.05, 0) is 32.3 Å². The van der Waals surface area contributed by atoms with Gasteiger partial charge in [-0.15, -0.1) is 10.2 Å². The molecule has 0 spiro atoms. The smallest absolute Gasteiger partial charge is 0.381 e. The predicted molar refractivity (Wildman–Crippen MR) is 118 cm³/mol. The number of anilines is 2. The molecule has 1 amide bonds. The van der Waals surface area contributed by atoms with Crippen LogP contribution in [-0.4, -0.2) is 59.3 Å². The highest BCUT2D eigenvalue weighted by molar-refractivity contribution is 7.17. The van der Waals surface area contributed by atoms with Crippen molar-refractivity contribution in [3.8, 4) is 10.9 Å². The lowest BCUT2D eigenvalue weighted by Gasteiger charge is -2.31. The van der Waals surface area contributed by atoms with E-state index in [1.807, 2.05) is 24.9 Å². The molecule has 3 aromatic heterocycles. The van der Waals surface area contributed by atoms with Gasteiger partial charge in [0.05, 0.1) is 24.9 Å². The Kier molecular flexibility index (Phi) is 6.24. The highest BCUT2D eigenvalue weighted by atomic mass is 32.1. The molecule has 3 aromatic rings. The van der Waals surface area contributed by atoms with E-state index in [1.165, 1.54) is 13.2 Å². The molecule has 0 aliphatic heterocycles. The van der Waals surface area contributed by atoms with E-state index in [0.717, 1.165) is 36.3 Å². The molecule has 11 nitrogen and oxygen atoms in total. The summed E-state index contributed by atoms with van der Waals surface area (Å²) in [6.07, 6.45) is 4.52. The van der Waals surface area contributed by atoms with E-state index in [2.05, 4.69) is 20.6 Å². The molecule has 170 valence electrons. The molecule has 32 heavy (non-hydrogen) atoms. The van der Waals surface area contributed by atoms with Crippen LogP contribution in [0, 0.1) is 6.92 Å². The second-order valence-electron chi connectivity index (χ2n) is 7.43. The third-order valence-electron chi connectivity index (χ3n) is 5.56. The Morgan fingerprint density at radius 1 is 1.34 bits per heavy atom. The fourth-order valence-electron chi connectivity index (χ4n) is 3.91. The number of nitrogens with one attached hydrogen (secondary N) is 1. The molecule has 0 radical (unpaired) electrons. The quantitative estimate of drug-likeness (QED) is 0.565. The van der Waals surface area contributed by atoms with Crippen molar-refractivity contribution in [3.63, 3.8) is 0 Å². The first-order valence-corrected chi connectivity index (χ1v) is 10.9. The van der Waals surface area contributed by atoms with Gasteiger partial charge in [0.15, 0.2) is 5.76 Å². The van der Waals surface area contributed by atoms with Crippen LogP contribution in [0.5, 0.6) is 5.75 Å². The van der Waals surface area contributed by atoms with Gasteiger partial charge >= 0.3 is 5.63 Å². The Morgan fingerprint density at radius 3 is 2.84 bits per heavy atom. The maximum atomic E-state index is 12.8. The summed E-state index contributed by atoms with van der Waals surface area (Å²) in [5.41, 5.74) is 0.612. The van der Waals surface area contributed by atoms with Gasteiger partial charge in [-0.25, -0.2) is 9.48 Å². The van der Waals surface area contributed by atoms with E-state index in [0.29, 0.717) is 10.8 Å². The van der Waals surface area contributed by atoms with Crippen molar-refractivity contribution in [2.24, 2.45) is 0 Å². The number of ether oxygens (including phenoxy) is 2. The molecule has 1 N–H and O–H groups in total. The van der Waals surface area contributed by atoms with E-state index in [-0.39, 0.29) is 28.8 Å². The number of hydrogen-bond donors (Lipinski definition) is 1. The molecule has 1 aliphatic rings. The summed E-state index contributed by atoms with van der Waals surface area (Å²) in [5.74, 6) is -0.733. The summed E-state index contributed by atoms with van der Waals surface area (Å²) in [6, 6.07) is 3.39. The van der Waals surface area contributed by atoms with Crippen molar-refractivity contribution in [3.05, 3.63) is 40.2 Å². The van der Waals surface area contributed by atoms with Crippen LogP contribution in [0.3, 0.4) is 0 Å². The first-order valence-electron chi connectivity index (χ1n) is 10.1. The second kappa shape index (κ2) is 9.09. The molecule has 12 heteroatoms. The van der Waals surface area contributed by atoms with Crippen molar-refractivity contribution in [1.29, 1.82) is 0 Å². The summed E-state index contributed by atoms with van der Waals surface area (Å²) < 4.78 is 17.7. The Morgan fingerprint density at radius 2 is 2.16 bits per heavy atom. The van der Waals surface area contributed by atoms with Gasteiger partial charge < -0.3 is 18.8 Å². The summed E-state index contributed by atoms with van der Waals surface area (Å²) in [7, 11) is 4.92. The summed E-state index contributed by atoms with van der Waals surface area (Å²) >= 11 is 1.15. The Bertz CT molecular complexity index is 1170. The molecule has 3 heterocycles. The van der Waals surface area contributed by atoms with Gasteiger partial charge in [-0.3, -0.25) is 10.1 Å². The largest absolute Gasteiger partial charge is 0.488 e. The normalized spacial score (nSPS) is 18.0. The zero-order valence-electron chi connectivity index (χ0n) is 18.2. The zero-order chi connectivity index (χ0) is 22.8. The molecule has 2 atom stereocenters. The molecular weight excluding hydrogens is 436 g/mol. The standard InChI is InChI=1S/C20H24N6O5S/c1-11-8-9-21-26(11)20-24-23-19(32-20)22-17(27)15-10-13(16(30-4)18(28)31-15)25(2)12-6-5-7-14(12)29-3/h8-10,12,14H,5-7H2,1-4H3,(H,22,23,27)/t12-,14+/m0/s1. The number of methoxy groups -OCH3 is 2. The van der Waals surface area contributed by atoms with E-state index in [1.54, 1.807) is 18.0 Å². The number of hydrogen-bond acceptors (Lipinski definition) is 10. The number of aryl methyl sites for hydroxylation is 1. The third kappa shape index (κ3) is 4.10. The summed E-state index contributed by atoms with van der Waals surface area (Å²) in [6.45, 7) is 1.88. The molecule has 1 aliphatic carbocycles. The minimum atomic E-state index is -0.737. The van der Waals surface area contributed by atoms with Crippen molar-refractivity contribution in [2.75, 3.05) is 31.5 Å². The lowest BCUT2D eigenvalue weighted by molar-refractivity contribution is 0.0944. The SMILES string of the molecule is COc1c(N(C)[C@H]2CCC[C@H]2OC)cc(C(=O)Nc2nnc(-n3nccc3C)s2)oc1=O. The van der Waals surface area contributed by atoms with Gasteiger partial charge in [0.25, 0.3) is 5.91 Å². The van der Waals surface area contributed by atoms with Crippen molar-refractivity contribution < 1.29 is 18.7 Å². The van der Waals surface area contributed by atoms with Crippen LogP contribution in [0.4, 0.5) is 10.8 Å². The lowest BCUT2D eigenvalue weighted by atomic mass is 10.1. The van der Waals surface area contributed by atoms with Crippen molar-refractivity contribution >= 4 is 28.1 Å². The van der Waals surface area contributed by atoms with E-state index >= 15 is 0 Å². The fourth-order valence-corrected chi connectivity index (χ4v) is 4.67. The van der Waals surface area contributed by atoms with E-state index in [4.69, 9.17) is 13.9 Å². The lowest BCUT2D eigenvalue weighted by Crippen LogP contribution is -2.39. The molecular formula is C20H24N6O5S. The maximum absolute atomic E-state index is 12.8. The second-order valence-corrected chi connectivity index (χ2v) is 8.38. The number of aromatic nitrogens is 4. The molecule has 0 bridgehead atoms. The number of amides is 1. The summed E-state index contributed by atoms with van der Waals surface area (Å²) in [5, 5.41) is 15.6. The third-order valence-corrected chi connectivity index (χ3v) is 6.38. The Labute approximate surface area is 188 Å². The van der Waals surface area contributed by atoms with Crippen LogP contribution in [0.1, 0.15) is 35.5 Å². The molecule has 1 saturated carbocycles. The minimum Gasteiger partial charge on any atom is -0.488 e. The first-order chi connectivity index (χ1) is 15.4. The number of carbonyl (C=O) groups excluding carboxylic acids is 1. The van der Waals surface area contributed by atoms with Crippen molar-refractivity contribution in [1.82, 2.24) is 20.0 Å². The molecule has 1 fully saturated rings. The van der Waals surface area contributed by atoms with Crippen LogP contribution in [0.15, 0.2) is 27.5 Å². The van der Waals surface area contributed by atoms with Gasteiger partial charge in [0.1, 0.15) is 0 Å². The summed E-state index contributed by atoms with van der Waals surface area (Å²) in [4.78, 5) is 27.3. The van der Waals surface area contributed by atoms with Gasteiger partial charge in [0, 0.05) is 32.1 Å². The number of nitrogens with zero attached hydrogens (tertiary/aromatic N) is 5. The molecule has 0 saturated heterocycles. The maximum Gasteiger partial charge on any atom is 0.381 e. The fraction of sp³-hybridized carbons (Fsp3) is 0.450. The number of rotatable bonds is 7. The van der Waals surface area contributed by atoms with Crippen LogP contribution in [0.2, 0.25) is 0 Å². The average Bonchev–Trinajstić information content (AvgIpc) is 3.53. The minimum absolute atomic E-state index is 0.0276. The van der Waals surface area contributed by atoms with Crippen molar-refractivity contribution in [2.45, 2.75) is 38.3 Å². The highest BCUT2D eigenvalue weighted by Gasteiger charge is 2.33. The molecule has 0 unspecified atom stereocenters. The van der Waals surface area contributed by atoms with Crippen LogP contribution >= 0.6 is 11.3 Å². The van der Waals surface area contributed by atoms with Gasteiger partial charge in [0.2, 0.25) is 16.0 Å². The van der Waals surface area contributed by atoms with Gasteiger partial charge in [-0.2, -0.15) is 5.10 Å². The molecule has 0 aromatic carbocycles. The number of carbonyl (C=O) groups is 1. The van der Waals surface area contributed by atoms with Crippen LogP contribution in [-0.2, 0) is 4.74 Å². The van der Waals surface area contributed by atoms with Gasteiger partial charge in [-0.1, -0.05) is 11.3 Å². The molecule has 4 rings (SSSR count). The number of likely N-dealkylation sites (N-methyl/N-ethyl adjacent to an activating group) is 1. The van der Waals surface area contributed by atoms with E-state index < -0.39 is 11.5 Å². The van der Waals surface area contributed by atoms with E-state index in [9.17, 15) is 9.59 Å². The average molecular weight is 461 g/mol.